The van der Waals surface area contributed by atoms with Crippen LogP contribution < -0.4 is 10.1 Å². The van der Waals surface area contributed by atoms with E-state index in [2.05, 4.69) is 12.2 Å². The van der Waals surface area contributed by atoms with Crippen LogP contribution in [0.15, 0.2) is 18.2 Å². The second kappa shape index (κ2) is 12.4. The van der Waals surface area contributed by atoms with Crippen molar-refractivity contribution in [3.8, 4) is 5.75 Å². The largest absolute Gasteiger partial charge is 0.491 e. The first kappa shape index (κ1) is 27.0. The molecule has 1 aromatic rings. The average molecular weight is 488 g/mol. The van der Waals surface area contributed by atoms with E-state index in [4.69, 9.17) is 9.47 Å². The Morgan fingerprint density at radius 1 is 1.17 bits per heavy atom. The van der Waals surface area contributed by atoms with Crippen LogP contribution in [0.4, 0.5) is 5.69 Å². The van der Waals surface area contributed by atoms with Gasteiger partial charge in [-0.3, -0.25) is 14.4 Å². The van der Waals surface area contributed by atoms with Crippen LogP contribution in [0.1, 0.15) is 69.7 Å². The number of ether oxygens (including phenoxy) is 2. The van der Waals surface area contributed by atoms with Gasteiger partial charge in [-0.05, 0) is 38.3 Å². The number of nitrogens with zero attached hydrogens (tertiary/aromatic N) is 2. The van der Waals surface area contributed by atoms with Crippen LogP contribution in [0.2, 0.25) is 0 Å². The summed E-state index contributed by atoms with van der Waals surface area (Å²) in [5.41, 5.74) is 1.00. The normalized spacial score (nSPS) is 24.3. The summed E-state index contributed by atoms with van der Waals surface area (Å²) in [6, 6.07) is 4.94. The van der Waals surface area contributed by atoms with Crippen molar-refractivity contribution in [2.45, 2.75) is 71.4 Å². The molecule has 3 atom stereocenters. The molecule has 1 N–H and O–H groups in total. The summed E-state index contributed by atoms with van der Waals surface area (Å²) in [6.45, 7) is 7.20. The maximum Gasteiger partial charge on any atom is 0.257 e. The molecule has 0 bridgehead atoms. The average Bonchev–Trinajstić information content (AvgIpc) is 3.38. The molecule has 8 heteroatoms. The maximum absolute atomic E-state index is 13.5. The van der Waals surface area contributed by atoms with Gasteiger partial charge < -0.3 is 24.6 Å². The molecule has 1 fully saturated rings. The number of carbonyl (C=O) groups is 3. The van der Waals surface area contributed by atoms with Gasteiger partial charge in [-0.25, -0.2) is 0 Å². The summed E-state index contributed by atoms with van der Waals surface area (Å²) < 4.78 is 12.0. The van der Waals surface area contributed by atoms with Crippen molar-refractivity contribution in [2.24, 2.45) is 11.8 Å². The molecule has 0 aromatic heterocycles. The standard InChI is InChI=1S/C27H41N3O5/c1-6-9-25(31)28-21-12-13-22-23(14-21)35-17-19(3)30(26(32)20-10-7-8-11-20)15-18(2)24(34-5)16-29(4)27(22)33/h12-14,18-20,24H,6-11,15-17H2,1-5H3,(H,28,31)/t18-,19+,24-/m0/s1. The van der Waals surface area contributed by atoms with Gasteiger partial charge in [-0.2, -0.15) is 0 Å². The van der Waals surface area contributed by atoms with Crippen LogP contribution in [0.3, 0.4) is 0 Å². The fraction of sp³-hybridized carbons (Fsp3) is 0.667. The molecule has 0 unspecified atom stereocenters. The zero-order valence-corrected chi connectivity index (χ0v) is 21.8. The van der Waals surface area contributed by atoms with E-state index in [0.29, 0.717) is 36.5 Å². The Morgan fingerprint density at radius 3 is 2.54 bits per heavy atom. The van der Waals surface area contributed by atoms with Gasteiger partial charge in [-0.1, -0.05) is 26.7 Å². The first-order valence-corrected chi connectivity index (χ1v) is 12.9. The van der Waals surface area contributed by atoms with Crippen LogP contribution in [-0.2, 0) is 14.3 Å². The number of rotatable bonds is 5. The van der Waals surface area contributed by atoms with Gasteiger partial charge >= 0.3 is 0 Å². The lowest BCUT2D eigenvalue weighted by molar-refractivity contribution is -0.139. The Balaban J connectivity index is 1.93. The second-order valence-corrected chi connectivity index (χ2v) is 10.1. The summed E-state index contributed by atoms with van der Waals surface area (Å²) in [4.78, 5) is 42.5. The Bertz CT molecular complexity index is 899. The van der Waals surface area contributed by atoms with Crippen LogP contribution in [0, 0.1) is 11.8 Å². The number of hydrogen-bond donors (Lipinski definition) is 1. The van der Waals surface area contributed by atoms with Crippen molar-refractivity contribution in [1.82, 2.24) is 9.80 Å². The van der Waals surface area contributed by atoms with Crippen molar-refractivity contribution >= 4 is 23.4 Å². The van der Waals surface area contributed by atoms with Crippen LogP contribution in [0.5, 0.6) is 5.75 Å². The zero-order valence-electron chi connectivity index (χ0n) is 21.8. The molecular formula is C27H41N3O5. The van der Waals surface area contributed by atoms with E-state index >= 15 is 0 Å². The molecule has 3 amide bonds. The molecule has 194 valence electrons. The monoisotopic (exact) mass is 487 g/mol. The van der Waals surface area contributed by atoms with Crippen LogP contribution in [-0.4, -0.2) is 73.5 Å². The van der Waals surface area contributed by atoms with E-state index in [9.17, 15) is 14.4 Å². The van der Waals surface area contributed by atoms with E-state index in [1.165, 1.54) is 0 Å². The third-order valence-corrected chi connectivity index (χ3v) is 7.20. The first-order chi connectivity index (χ1) is 16.7. The van der Waals surface area contributed by atoms with E-state index in [1.807, 2.05) is 18.7 Å². The van der Waals surface area contributed by atoms with Gasteiger partial charge in [0.25, 0.3) is 5.91 Å². The predicted molar refractivity (Wildman–Crippen MR) is 136 cm³/mol. The van der Waals surface area contributed by atoms with E-state index in [-0.39, 0.29) is 48.3 Å². The Hall–Kier alpha value is -2.61. The highest BCUT2D eigenvalue weighted by molar-refractivity contribution is 5.98. The first-order valence-electron chi connectivity index (χ1n) is 12.9. The number of benzene rings is 1. The molecule has 35 heavy (non-hydrogen) atoms. The lowest BCUT2D eigenvalue weighted by Crippen LogP contribution is -2.50. The van der Waals surface area contributed by atoms with Crippen LogP contribution in [0.25, 0.3) is 0 Å². The number of hydrogen-bond acceptors (Lipinski definition) is 5. The molecule has 0 spiro atoms. The lowest BCUT2D eigenvalue weighted by Gasteiger charge is -2.37. The highest BCUT2D eigenvalue weighted by Gasteiger charge is 2.34. The van der Waals surface area contributed by atoms with Crippen molar-refractivity contribution in [1.29, 1.82) is 0 Å². The summed E-state index contributed by atoms with van der Waals surface area (Å²) in [7, 11) is 3.40. The van der Waals surface area contributed by atoms with Gasteiger partial charge in [-0.15, -0.1) is 0 Å². The smallest absolute Gasteiger partial charge is 0.257 e. The molecule has 1 aromatic carbocycles. The Morgan fingerprint density at radius 2 is 1.89 bits per heavy atom. The van der Waals surface area contributed by atoms with Gasteiger partial charge in [0.05, 0.1) is 17.7 Å². The van der Waals surface area contributed by atoms with Gasteiger partial charge in [0.1, 0.15) is 12.4 Å². The van der Waals surface area contributed by atoms with E-state index < -0.39 is 0 Å². The van der Waals surface area contributed by atoms with Gasteiger partial charge in [0.15, 0.2) is 0 Å². The number of anilines is 1. The van der Waals surface area contributed by atoms with Crippen molar-refractivity contribution < 1.29 is 23.9 Å². The van der Waals surface area contributed by atoms with Crippen LogP contribution >= 0.6 is 0 Å². The number of fused-ring (bicyclic) bond motifs is 1. The Labute approximate surface area is 209 Å². The van der Waals surface area contributed by atoms with Crippen molar-refractivity contribution in [2.75, 3.05) is 39.2 Å². The highest BCUT2D eigenvalue weighted by Crippen LogP contribution is 2.30. The summed E-state index contributed by atoms with van der Waals surface area (Å²) in [5, 5.41) is 2.87. The minimum absolute atomic E-state index is 0.0399. The molecule has 1 aliphatic carbocycles. The topological polar surface area (TPSA) is 88.2 Å². The predicted octanol–water partition coefficient (Wildman–Crippen LogP) is 3.95. The maximum atomic E-state index is 13.5. The molecule has 1 heterocycles. The van der Waals surface area contributed by atoms with Gasteiger partial charge in [0, 0.05) is 57.3 Å². The SMILES string of the molecule is CCCC(=O)Nc1ccc2c(c1)OC[C@@H](C)N(C(=O)C1CCCC1)C[C@H](C)[C@@H](OC)CN(C)C2=O. The molecule has 0 saturated heterocycles. The summed E-state index contributed by atoms with van der Waals surface area (Å²) in [5.74, 6) is 0.436. The summed E-state index contributed by atoms with van der Waals surface area (Å²) >= 11 is 0. The minimum Gasteiger partial charge on any atom is -0.491 e. The third-order valence-electron chi connectivity index (χ3n) is 7.20. The molecule has 1 saturated carbocycles. The van der Waals surface area contributed by atoms with E-state index in [0.717, 1.165) is 32.1 Å². The quantitative estimate of drug-likeness (QED) is 0.680. The number of methoxy groups -OCH3 is 1. The summed E-state index contributed by atoms with van der Waals surface area (Å²) in [6.07, 6.45) is 5.02. The Kier molecular flexibility index (Phi) is 9.55. The fourth-order valence-electron chi connectivity index (χ4n) is 5.01. The highest BCUT2D eigenvalue weighted by atomic mass is 16.5. The second-order valence-electron chi connectivity index (χ2n) is 10.1. The minimum atomic E-state index is -0.216. The van der Waals surface area contributed by atoms with Crippen molar-refractivity contribution in [3.63, 3.8) is 0 Å². The molecule has 0 radical (unpaired) electrons. The third kappa shape index (κ3) is 6.75. The molecule has 2 aliphatic rings. The molecule has 1 aliphatic heterocycles. The van der Waals surface area contributed by atoms with Gasteiger partial charge in [0.2, 0.25) is 11.8 Å². The number of amides is 3. The molecular weight excluding hydrogens is 446 g/mol. The fourth-order valence-corrected chi connectivity index (χ4v) is 5.01. The lowest BCUT2D eigenvalue weighted by atomic mass is 9.99. The number of carbonyl (C=O) groups excluding carboxylic acids is 3. The molecule has 8 nitrogen and oxygen atoms in total. The molecule has 3 rings (SSSR count). The van der Waals surface area contributed by atoms with Crippen molar-refractivity contribution in [3.05, 3.63) is 23.8 Å². The number of nitrogens with one attached hydrogen (secondary N) is 1. The van der Waals surface area contributed by atoms with E-state index in [1.54, 1.807) is 37.3 Å². The number of likely N-dealkylation sites (N-methyl/N-ethyl adjacent to an activating group) is 1. The zero-order chi connectivity index (χ0) is 25.5.